The zero-order chi connectivity index (χ0) is 23.1. The lowest BCUT2D eigenvalue weighted by Gasteiger charge is -2.12. The summed E-state index contributed by atoms with van der Waals surface area (Å²) < 4.78 is 2.99. The van der Waals surface area contributed by atoms with Crippen molar-refractivity contribution in [2.45, 2.75) is 20.4 Å². The van der Waals surface area contributed by atoms with Gasteiger partial charge in [-0.3, -0.25) is 4.98 Å². The number of aromatic nitrogens is 5. The van der Waals surface area contributed by atoms with Crippen LogP contribution < -0.4 is 5.69 Å². The number of hydrogen-bond donors (Lipinski definition) is 0. The topological polar surface area (TPSA) is 65.1 Å². The molecule has 0 bridgehead atoms. The Labute approximate surface area is 200 Å². The van der Waals surface area contributed by atoms with Gasteiger partial charge in [-0.1, -0.05) is 53.5 Å². The van der Waals surface area contributed by atoms with Crippen LogP contribution in [0.25, 0.3) is 28.0 Å². The maximum Gasteiger partial charge on any atom is 0.352 e. The molecule has 0 aliphatic carbocycles. The van der Waals surface area contributed by atoms with Crippen molar-refractivity contribution in [3.05, 3.63) is 104 Å². The molecule has 0 N–H and O–H groups in total. The fourth-order valence-electron chi connectivity index (χ4n) is 3.80. The number of hydrogen-bond acceptors (Lipinski definition) is 4. The van der Waals surface area contributed by atoms with E-state index in [0.29, 0.717) is 33.8 Å². The summed E-state index contributed by atoms with van der Waals surface area (Å²) in [5.41, 5.74) is 5.27. The van der Waals surface area contributed by atoms with Gasteiger partial charge in [0, 0.05) is 27.5 Å². The molecule has 2 aromatic carbocycles. The first-order valence-corrected chi connectivity index (χ1v) is 11.1. The number of pyridine rings is 1. The molecule has 0 unspecified atom stereocenters. The molecule has 0 saturated heterocycles. The smallest absolute Gasteiger partial charge is 0.261 e. The minimum atomic E-state index is -0.256. The molecule has 0 saturated carbocycles. The number of aryl methyl sites for hydroxylation is 2. The van der Waals surface area contributed by atoms with E-state index < -0.39 is 0 Å². The van der Waals surface area contributed by atoms with Gasteiger partial charge in [0.2, 0.25) is 0 Å². The highest BCUT2D eigenvalue weighted by atomic mass is 35.5. The second-order valence-electron chi connectivity index (χ2n) is 7.80. The number of benzene rings is 2. The largest absolute Gasteiger partial charge is 0.352 e. The number of halogens is 2. The lowest BCUT2D eigenvalue weighted by atomic mass is 10.00. The molecule has 0 radical (unpaired) electrons. The first-order chi connectivity index (χ1) is 15.9. The number of fused-ring (bicyclic) bond motifs is 1. The third-order valence-electron chi connectivity index (χ3n) is 5.45. The first-order valence-electron chi connectivity index (χ1n) is 10.3. The quantitative estimate of drug-likeness (QED) is 0.339. The zero-order valence-corrected chi connectivity index (χ0v) is 19.5. The highest BCUT2D eigenvalue weighted by Crippen LogP contribution is 2.34. The fourth-order valence-corrected chi connectivity index (χ4v) is 4.05. The Bertz CT molecular complexity index is 1520. The molecule has 5 aromatic rings. The van der Waals surface area contributed by atoms with E-state index in [1.54, 1.807) is 17.5 Å². The van der Waals surface area contributed by atoms with Crippen LogP contribution in [0, 0.1) is 13.8 Å². The molecule has 0 atom stereocenters. The van der Waals surface area contributed by atoms with Crippen LogP contribution in [-0.2, 0) is 6.54 Å². The van der Waals surface area contributed by atoms with Gasteiger partial charge in [-0.2, -0.15) is 0 Å². The van der Waals surface area contributed by atoms with E-state index in [0.717, 1.165) is 27.9 Å². The monoisotopic (exact) mass is 475 g/mol. The van der Waals surface area contributed by atoms with Crippen LogP contribution in [-0.4, -0.2) is 24.1 Å². The Balaban J connectivity index is 1.78. The van der Waals surface area contributed by atoms with Crippen molar-refractivity contribution >= 4 is 28.8 Å². The predicted octanol–water partition coefficient (Wildman–Crippen LogP) is 5.59. The van der Waals surface area contributed by atoms with Gasteiger partial charge >= 0.3 is 5.69 Å². The molecular formula is C25H19Cl2N5O. The van der Waals surface area contributed by atoms with E-state index in [1.807, 2.05) is 67.6 Å². The summed E-state index contributed by atoms with van der Waals surface area (Å²) in [4.78, 5) is 22.5. The molecule has 164 valence electrons. The predicted molar refractivity (Wildman–Crippen MR) is 131 cm³/mol. The van der Waals surface area contributed by atoms with Gasteiger partial charge in [0.1, 0.15) is 5.82 Å². The van der Waals surface area contributed by atoms with Gasteiger partial charge in [-0.15, -0.1) is 5.10 Å². The molecule has 3 aromatic heterocycles. The van der Waals surface area contributed by atoms with E-state index in [4.69, 9.17) is 33.3 Å². The van der Waals surface area contributed by atoms with Gasteiger partial charge in [0.05, 0.1) is 17.8 Å². The molecule has 0 aliphatic rings. The summed E-state index contributed by atoms with van der Waals surface area (Å²) in [6, 6.07) is 18.8. The standard InChI is InChI=1S/C25H19Cl2N5O/c1-15-3-4-17(13-28-15)14-31-25(33)32-16(2)29-23(19-7-11-21(27)12-8-19)22(24(32)30-31)18-5-9-20(26)10-6-18/h3-13H,14H2,1-2H3. The van der Waals surface area contributed by atoms with Crippen LogP contribution in [0.15, 0.2) is 71.7 Å². The molecule has 8 heteroatoms. The molecule has 0 spiro atoms. The normalized spacial score (nSPS) is 11.3. The second-order valence-corrected chi connectivity index (χ2v) is 8.68. The summed E-state index contributed by atoms with van der Waals surface area (Å²) in [5, 5.41) is 5.99. The average molecular weight is 476 g/mol. The summed E-state index contributed by atoms with van der Waals surface area (Å²) in [6.45, 7) is 4.04. The van der Waals surface area contributed by atoms with Crippen molar-refractivity contribution in [3.8, 4) is 22.4 Å². The van der Waals surface area contributed by atoms with Gasteiger partial charge in [0.25, 0.3) is 0 Å². The molecule has 0 amide bonds. The van der Waals surface area contributed by atoms with Gasteiger partial charge in [0.15, 0.2) is 5.65 Å². The van der Waals surface area contributed by atoms with Crippen LogP contribution in [0.4, 0.5) is 0 Å². The van der Waals surface area contributed by atoms with E-state index in [1.165, 1.54) is 4.68 Å². The van der Waals surface area contributed by atoms with Crippen molar-refractivity contribution < 1.29 is 0 Å². The van der Waals surface area contributed by atoms with Crippen LogP contribution in [0.2, 0.25) is 10.0 Å². The summed E-state index contributed by atoms with van der Waals surface area (Å²) >= 11 is 12.2. The van der Waals surface area contributed by atoms with E-state index in [-0.39, 0.29) is 5.69 Å². The van der Waals surface area contributed by atoms with Gasteiger partial charge < -0.3 is 0 Å². The van der Waals surface area contributed by atoms with Crippen LogP contribution in [0.1, 0.15) is 17.1 Å². The SMILES string of the molecule is Cc1ccc(Cn2nc3c(-c4ccc(Cl)cc4)c(-c4ccc(Cl)cc4)nc(C)n3c2=O)cn1. The Morgan fingerprint density at radius 1 is 0.848 bits per heavy atom. The molecule has 3 heterocycles. The highest BCUT2D eigenvalue weighted by Gasteiger charge is 2.21. The molecule has 0 fully saturated rings. The molecule has 33 heavy (non-hydrogen) atoms. The Morgan fingerprint density at radius 3 is 2.09 bits per heavy atom. The van der Waals surface area contributed by atoms with Gasteiger partial charge in [-0.25, -0.2) is 18.9 Å². The highest BCUT2D eigenvalue weighted by molar-refractivity contribution is 6.31. The molecule has 5 rings (SSSR count). The maximum absolute atomic E-state index is 13.3. The Morgan fingerprint density at radius 2 is 1.48 bits per heavy atom. The average Bonchev–Trinajstić information content (AvgIpc) is 3.13. The van der Waals surface area contributed by atoms with Crippen molar-refractivity contribution in [1.82, 2.24) is 24.1 Å². The third kappa shape index (κ3) is 4.03. The van der Waals surface area contributed by atoms with E-state index >= 15 is 0 Å². The minimum absolute atomic E-state index is 0.256. The maximum atomic E-state index is 13.3. The van der Waals surface area contributed by atoms with Crippen molar-refractivity contribution in [3.63, 3.8) is 0 Å². The Hall–Kier alpha value is -3.48. The number of nitrogens with zero attached hydrogens (tertiary/aromatic N) is 5. The zero-order valence-electron chi connectivity index (χ0n) is 18.0. The second kappa shape index (κ2) is 8.46. The van der Waals surface area contributed by atoms with Crippen molar-refractivity contribution in [2.24, 2.45) is 0 Å². The molecule has 6 nitrogen and oxygen atoms in total. The van der Waals surface area contributed by atoms with Crippen molar-refractivity contribution in [1.29, 1.82) is 0 Å². The third-order valence-corrected chi connectivity index (χ3v) is 5.96. The van der Waals surface area contributed by atoms with Crippen LogP contribution in [0.5, 0.6) is 0 Å². The summed E-state index contributed by atoms with van der Waals surface area (Å²) in [6.07, 6.45) is 1.76. The number of rotatable bonds is 4. The van der Waals surface area contributed by atoms with Crippen LogP contribution in [0.3, 0.4) is 0 Å². The lowest BCUT2D eigenvalue weighted by Crippen LogP contribution is -2.23. The summed E-state index contributed by atoms with van der Waals surface area (Å²) in [5.74, 6) is 0.547. The first kappa shape index (κ1) is 21.4. The van der Waals surface area contributed by atoms with E-state index in [2.05, 4.69) is 4.98 Å². The molecular weight excluding hydrogens is 457 g/mol. The van der Waals surface area contributed by atoms with Crippen molar-refractivity contribution in [2.75, 3.05) is 0 Å². The molecule has 0 aliphatic heterocycles. The Kier molecular flexibility index (Phi) is 5.48. The van der Waals surface area contributed by atoms with Gasteiger partial charge in [-0.05, 0) is 55.3 Å². The van der Waals surface area contributed by atoms with E-state index in [9.17, 15) is 4.79 Å². The van der Waals surface area contributed by atoms with Crippen LogP contribution >= 0.6 is 23.2 Å². The summed E-state index contributed by atoms with van der Waals surface area (Å²) in [7, 11) is 0. The fraction of sp³-hybridized carbons (Fsp3) is 0.120. The lowest BCUT2D eigenvalue weighted by molar-refractivity contribution is 0.654. The minimum Gasteiger partial charge on any atom is -0.261 e.